The highest BCUT2D eigenvalue weighted by molar-refractivity contribution is 5.81. The Balaban J connectivity index is 1.87. The molecule has 0 spiro atoms. The van der Waals surface area contributed by atoms with Crippen LogP contribution < -0.4 is 20.7 Å². The fourth-order valence-electron chi connectivity index (χ4n) is 3.23. The first kappa shape index (κ1) is 22.1. The van der Waals surface area contributed by atoms with Gasteiger partial charge in [-0.2, -0.15) is 0 Å². The monoisotopic (exact) mass is 388 g/mol. The highest BCUT2D eigenvalue weighted by Crippen LogP contribution is 2.23. The molecule has 0 unspecified atom stereocenters. The minimum Gasteiger partial charge on any atom is -0.488 e. The molecule has 6 nitrogen and oxygen atoms in total. The first-order valence-corrected chi connectivity index (χ1v) is 10.5. The van der Waals surface area contributed by atoms with Crippen LogP contribution in [0, 0.1) is 0 Å². The van der Waals surface area contributed by atoms with Gasteiger partial charge in [0, 0.05) is 31.1 Å². The van der Waals surface area contributed by atoms with E-state index in [0.717, 1.165) is 30.7 Å². The molecule has 1 aromatic rings. The molecule has 156 valence electrons. The summed E-state index contributed by atoms with van der Waals surface area (Å²) in [5.41, 5.74) is 0.781. The van der Waals surface area contributed by atoms with Gasteiger partial charge >= 0.3 is 0 Å². The second-order valence-electron chi connectivity index (χ2n) is 8.24. The largest absolute Gasteiger partial charge is 0.488 e. The van der Waals surface area contributed by atoms with Crippen LogP contribution in [0.2, 0.25) is 0 Å². The third-order valence-corrected chi connectivity index (χ3v) is 4.51. The lowest BCUT2D eigenvalue weighted by Crippen LogP contribution is -2.40. The summed E-state index contributed by atoms with van der Waals surface area (Å²) in [5.74, 6) is 1.67. The van der Waals surface area contributed by atoms with Crippen molar-refractivity contribution >= 4 is 11.9 Å². The van der Waals surface area contributed by atoms with Crippen molar-refractivity contribution in [1.82, 2.24) is 16.0 Å². The van der Waals surface area contributed by atoms with Gasteiger partial charge in [0.2, 0.25) is 5.91 Å². The number of nitrogens with zero attached hydrogens (tertiary/aromatic N) is 1. The maximum absolute atomic E-state index is 12.1. The summed E-state index contributed by atoms with van der Waals surface area (Å²) in [6.07, 6.45) is 5.12. The Hall–Kier alpha value is -2.24. The van der Waals surface area contributed by atoms with Gasteiger partial charge in [0.1, 0.15) is 11.4 Å². The van der Waals surface area contributed by atoms with Crippen molar-refractivity contribution in [3.63, 3.8) is 0 Å². The summed E-state index contributed by atoms with van der Waals surface area (Å²) in [7, 11) is 0. The average Bonchev–Trinajstić information content (AvgIpc) is 3.12. The van der Waals surface area contributed by atoms with Crippen LogP contribution >= 0.6 is 0 Å². The molecule has 1 fully saturated rings. The van der Waals surface area contributed by atoms with Gasteiger partial charge < -0.3 is 20.7 Å². The third-order valence-electron chi connectivity index (χ3n) is 4.51. The molecule has 3 N–H and O–H groups in total. The number of para-hydroxylation sites is 1. The number of aliphatic imine (C=N–C) groups is 1. The number of ether oxygens (including phenoxy) is 1. The Morgan fingerprint density at radius 3 is 2.57 bits per heavy atom. The molecule has 0 aromatic heterocycles. The van der Waals surface area contributed by atoms with Crippen LogP contribution in [0.1, 0.15) is 65.4 Å². The molecule has 0 saturated heterocycles. The summed E-state index contributed by atoms with van der Waals surface area (Å²) in [5, 5.41) is 9.60. The summed E-state index contributed by atoms with van der Waals surface area (Å²) in [4.78, 5) is 16.7. The second-order valence-corrected chi connectivity index (χ2v) is 8.24. The van der Waals surface area contributed by atoms with Gasteiger partial charge in [0.05, 0.1) is 6.54 Å². The number of rotatable bonds is 8. The predicted octanol–water partition coefficient (Wildman–Crippen LogP) is 3.37. The van der Waals surface area contributed by atoms with Crippen molar-refractivity contribution in [2.45, 2.75) is 78.0 Å². The fourth-order valence-corrected chi connectivity index (χ4v) is 3.23. The summed E-state index contributed by atoms with van der Waals surface area (Å²) in [6.45, 7) is 9.97. The molecular formula is C22H36N4O2. The average molecular weight is 389 g/mol. The van der Waals surface area contributed by atoms with Crippen molar-refractivity contribution in [1.29, 1.82) is 0 Å². The molecule has 0 bridgehead atoms. The van der Waals surface area contributed by atoms with Crippen LogP contribution in [0.15, 0.2) is 29.3 Å². The van der Waals surface area contributed by atoms with E-state index in [1.807, 2.05) is 52.0 Å². The molecule has 6 heteroatoms. The van der Waals surface area contributed by atoms with E-state index in [1.54, 1.807) is 0 Å². The molecular weight excluding hydrogens is 352 g/mol. The molecule has 0 atom stereocenters. The lowest BCUT2D eigenvalue weighted by atomic mass is 10.1. The van der Waals surface area contributed by atoms with Gasteiger partial charge in [-0.15, -0.1) is 0 Å². The number of amides is 1. The van der Waals surface area contributed by atoms with Crippen LogP contribution in [-0.2, 0) is 11.3 Å². The molecule has 28 heavy (non-hydrogen) atoms. The Morgan fingerprint density at radius 2 is 1.89 bits per heavy atom. The lowest BCUT2D eigenvalue weighted by molar-refractivity contribution is -0.121. The van der Waals surface area contributed by atoms with E-state index >= 15 is 0 Å². The van der Waals surface area contributed by atoms with E-state index in [0.29, 0.717) is 31.5 Å². The number of carbonyl (C=O) groups excluding carboxylic acids is 1. The number of guanidine groups is 1. The molecule has 0 aliphatic heterocycles. The van der Waals surface area contributed by atoms with Crippen LogP contribution in [0.5, 0.6) is 5.75 Å². The quantitative estimate of drug-likeness (QED) is 0.471. The molecule has 1 amide bonds. The van der Waals surface area contributed by atoms with Crippen LogP contribution in [-0.4, -0.2) is 36.6 Å². The van der Waals surface area contributed by atoms with Crippen molar-refractivity contribution in [3.8, 4) is 5.75 Å². The summed E-state index contributed by atoms with van der Waals surface area (Å²) in [6, 6.07) is 8.34. The summed E-state index contributed by atoms with van der Waals surface area (Å²) < 4.78 is 6.04. The zero-order valence-corrected chi connectivity index (χ0v) is 17.8. The minimum atomic E-state index is -0.255. The second kappa shape index (κ2) is 10.9. The molecule has 1 aromatic carbocycles. The van der Waals surface area contributed by atoms with Crippen molar-refractivity contribution < 1.29 is 9.53 Å². The Bertz CT molecular complexity index is 646. The fraction of sp³-hybridized carbons (Fsp3) is 0.636. The SMILES string of the molecule is CCNC(=NCc1ccccc1OC(C)(C)C)NCCC(=O)NC1CCCC1. The zero-order chi connectivity index (χ0) is 20.4. The highest BCUT2D eigenvalue weighted by atomic mass is 16.5. The maximum Gasteiger partial charge on any atom is 0.221 e. The van der Waals surface area contributed by atoms with E-state index in [2.05, 4.69) is 20.9 Å². The first-order valence-electron chi connectivity index (χ1n) is 10.5. The molecule has 1 aliphatic carbocycles. The first-order chi connectivity index (χ1) is 13.4. The Morgan fingerprint density at radius 1 is 1.18 bits per heavy atom. The number of nitrogens with one attached hydrogen (secondary N) is 3. The molecule has 1 saturated carbocycles. The van der Waals surface area contributed by atoms with E-state index in [4.69, 9.17) is 4.74 Å². The standard InChI is InChI=1S/C22H36N4O2/c1-5-23-21(24-15-14-20(27)26-18-11-7-8-12-18)25-16-17-10-6-9-13-19(17)28-22(2,3)4/h6,9-10,13,18H,5,7-8,11-12,14-16H2,1-4H3,(H,26,27)(H2,23,24,25). The Labute approximate surface area is 169 Å². The highest BCUT2D eigenvalue weighted by Gasteiger charge is 2.17. The van der Waals surface area contributed by atoms with E-state index in [9.17, 15) is 4.79 Å². The van der Waals surface area contributed by atoms with Gasteiger partial charge in [0.25, 0.3) is 0 Å². The van der Waals surface area contributed by atoms with E-state index < -0.39 is 0 Å². The van der Waals surface area contributed by atoms with Crippen LogP contribution in [0.3, 0.4) is 0 Å². The van der Waals surface area contributed by atoms with Gasteiger partial charge in [-0.05, 0) is 46.6 Å². The van der Waals surface area contributed by atoms with Crippen LogP contribution in [0.4, 0.5) is 0 Å². The molecule has 0 heterocycles. The molecule has 0 radical (unpaired) electrons. The van der Waals surface area contributed by atoms with Gasteiger partial charge in [-0.25, -0.2) is 4.99 Å². The van der Waals surface area contributed by atoms with Crippen molar-refractivity contribution in [3.05, 3.63) is 29.8 Å². The number of benzene rings is 1. The lowest BCUT2D eigenvalue weighted by Gasteiger charge is -2.23. The number of hydrogen-bond acceptors (Lipinski definition) is 3. The van der Waals surface area contributed by atoms with Crippen LogP contribution in [0.25, 0.3) is 0 Å². The number of carbonyl (C=O) groups is 1. The van der Waals surface area contributed by atoms with Crippen molar-refractivity contribution in [2.75, 3.05) is 13.1 Å². The topological polar surface area (TPSA) is 74.8 Å². The molecule has 2 rings (SSSR count). The van der Waals surface area contributed by atoms with E-state index in [-0.39, 0.29) is 11.5 Å². The van der Waals surface area contributed by atoms with Crippen molar-refractivity contribution in [2.24, 2.45) is 4.99 Å². The van der Waals surface area contributed by atoms with E-state index in [1.165, 1.54) is 12.8 Å². The third kappa shape index (κ3) is 8.19. The normalized spacial score (nSPS) is 15.4. The smallest absolute Gasteiger partial charge is 0.221 e. The minimum absolute atomic E-state index is 0.110. The zero-order valence-electron chi connectivity index (χ0n) is 17.8. The maximum atomic E-state index is 12.1. The number of hydrogen-bond donors (Lipinski definition) is 3. The molecule has 1 aliphatic rings. The van der Waals surface area contributed by atoms with Gasteiger partial charge in [-0.1, -0.05) is 31.0 Å². The Kier molecular flexibility index (Phi) is 8.61. The predicted molar refractivity (Wildman–Crippen MR) is 115 cm³/mol. The van der Waals surface area contributed by atoms with Gasteiger partial charge in [0.15, 0.2) is 5.96 Å². The van der Waals surface area contributed by atoms with Gasteiger partial charge in [-0.3, -0.25) is 4.79 Å². The summed E-state index contributed by atoms with van der Waals surface area (Å²) >= 11 is 0.